The molecule has 6 nitrogen and oxygen atoms in total. The summed E-state index contributed by atoms with van der Waals surface area (Å²) in [6, 6.07) is 9.57. The number of Topliss-reactive ketones (excluding diaryl/α,β-unsaturated/α-hetero) is 1. The standard InChI is InChI=1S/C14H15N3O3/c1-10(19)12-8-17(9-18)14(20)16-13(12)15-7-11-5-3-2-4-6-11/h2-6,8,18H,7,9H2,1H3,(H,15,16,20). The molecule has 104 valence electrons. The van der Waals surface area contributed by atoms with Gasteiger partial charge in [0, 0.05) is 12.7 Å². The second-order valence-corrected chi connectivity index (χ2v) is 4.29. The van der Waals surface area contributed by atoms with Crippen LogP contribution in [0.15, 0.2) is 41.3 Å². The van der Waals surface area contributed by atoms with Crippen LogP contribution in [0.1, 0.15) is 22.8 Å². The van der Waals surface area contributed by atoms with Gasteiger partial charge in [-0.15, -0.1) is 0 Å². The Kier molecular flexibility index (Phi) is 4.27. The Bertz CT molecular complexity index is 665. The van der Waals surface area contributed by atoms with Crippen molar-refractivity contribution < 1.29 is 9.90 Å². The number of aromatic nitrogens is 2. The normalized spacial score (nSPS) is 10.3. The van der Waals surface area contributed by atoms with Crippen LogP contribution in [0.4, 0.5) is 5.82 Å². The molecule has 2 rings (SSSR count). The Morgan fingerprint density at radius 1 is 1.35 bits per heavy atom. The van der Waals surface area contributed by atoms with Crippen molar-refractivity contribution >= 4 is 11.6 Å². The third-order valence-electron chi connectivity index (χ3n) is 2.83. The van der Waals surface area contributed by atoms with Gasteiger partial charge in [-0.05, 0) is 12.5 Å². The molecule has 0 aliphatic rings. The Hall–Kier alpha value is -2.47. The number of hydrogen-bond donors (Lipinski definition) is 2. The van der Waals surface area contributed by atoms with Crippen molar-refractivity contribution in [3.63, 3.8) is 0 Å². The van der Waals surface area contributed by atoms with Crippen molar-refractivity contribution in [3.8, 4) is 0 Å². The lowest BCUT2D eigenvalue weighted by molar-refractivity contribution is 0.101. The zero-order valence-electron chi connectivity index (χ0n) is 11.0. The predicted octanol–water partition coefficient (Wildman–Crippen LogP) is 1.01. The van der Waals surface area contributed by atoms with E-state index in [0.29, 0.717) is 6.54 Å². The van der Waals surface area contributed by atoms with E-state index >= 15 is 0 Å². The number of hydrogen-bond acceptors (Lipinski definition) is 5. The van der Waals surface area contributed by atoms with Gasteiger partial charge in [0.15, 0.2) is 5.78 Å². The number of ketones is 1. The maximum atomic E-state index is 11.6. The average molecular weight is 273 g/mol. The fraction of sp³-hybridized carbons (Fsp3) is 0.214. The van der Waals surface area contributed by atoms with Crippen LogP contribution in [-0.2, 0) is 13.3 Å². The summed E-state index contributed by atoms with van der Waals surface area (Å²) >= 11 is 0. The van der Waals surface area contributed by atoms with Crippen LogP contribution in [0.3, 0.4) is 0 Å². The molecule has 0 aliphatic carbocycles. The molecule has 2 aromatic rings. The van der Waals surface area contributed by atoms with Gasteiger partial charge in [-0.3, -0.25) is 9.36 Å². The van der Waals surface area contributed by atoms with Gasteiger partial charge in [0.2, 0.25) is 0 Å². The zero-order chi connectivity index (χ0) is 14.5. The van der Waals surface area contributed by atoms with Crippen molar-refractivity contribution in [2.45, 2.75) is 20.2 Å². The summed E-state index contributed by atoms with van der Waals surface area (Å²) in [6.07, 6.45) is 1.31. The van der Waals surface area contributed by atoms with E-state index < -0.39 is 12.4 Å². The van der Waals surface area contributed by atoms with Crippen molar-refractivity contribution in [2.24, 2.45) is 0 Å². The second kappa shape index (κ2) is 6.12. The minimum absolute atomic E-state index is 0.227. The summed E-state index contributed by atoms with van der Waals surface area (Å²) in [5.74, 6) is 0.00585. The highest BCUT2D eigenvalue weighted by atomic mass is 16.3. The van der Waals surface area contributed by atoms with Crippen LogP contribution in [0, 0.1) is 0 Å². The van der Waals surface area contributed by atoms with Crippen LogP contribution in [0.25, 0.3) is 0 Å². The number of anilines is 1. The van der Waals surface area contributed by atoms with Gasteiger partial charge >= 0.3 is 5.69 Å². The number of carbonyl (C=O) groups excluding carboxylic acids is 1. The lowest BCUT2D eigenvalue weighted by Crippen LogP contribution is -2.26. The van der Waals surface area contributed by atoms with E-state index in [1.165, 1.54) is 13.1 Å². The van der Waals surface area contributed by atoms with Crippen LogP contribution in [-0.4, -0.2) is 20.4 Å². The molecule has 0 amide bonds. The largest absolute Gasteiger partial charge is 0.376 e. The molecule has 0 spiro atoms. The van der Waals surface area contributed by atoms with Crippen LogP contribution in [0.5, 0.6) is 0 Å². The summed E-state index contributed by atoms with van der Waals surface area (Å²) in [5.41, 5.74) is 0.679. The molecular formula is C14H15N3O3. The zero-order valence-corrected chi connectivity index (χ0v) is 11.0. The summed E-state index contributed by atoms with van der Waals surface area (Å²) in [6.45, 7) is 1.33. The van der Waals surface area contributed by atoms with Gasteiger partial charge in [-0.1, -0.05) is 30.3 Å². The first-order valence-electron chi connectivity index (χ1n) is 6.13. The molecular weight excluding hydrogens is 258 g/mol. The molecule has 0 unspecified atom stereocenters. The summed E-state index contributed by atoms with van der Waals surface area (Å²) in [4.78, 5) is 27.0. The average Bonchev–Trinajstić information content (AvgIpc) is 2.46. The van der Waals surface area contributed by atoms with Crippen LogP contribution >= 0.6 is 0 Å². The lowest BCUT2D eigenvalue weighted by Gasteiger charge is -2.10. The summed E-state index contributed by atoms with van der Waals surface area (Å²) in [7, 11) is 0. The van der Waals surface area contributed by atoms with Gasteiger partial charge in [0.05, 0.1) is 5.56 Å². The molecule has 0 saturated carbocycles. The van der Waals surface area contributed by atoms with Gasteiger partial charge in [0.25, 0.3) is 0 Å². The molecule has 0 radical (unpaired) electrons. The highest BCUT2D eigenvalue weighted by molar-refractivity contribution is 5.98. The first-order valence-corrected chi connectivity index (χ1v) is 6.13. The number of carbonyl (C=O) groups is 1. The van der Waals surface area contributed by atoms with Gasteiger partial charge in [0.1, 0.15) is 12.5 Å². The maximum absolute atomic E-state index is 11.6. The third-order valence-corrected chi connectivity index (χ3v) is 2.83. The molecule has 0 fully saturated rings. The monoisotopic (exact) mass is 273 g/mol. The number of nitrogens with one attached hydrogen (secondary N) is 1. The summed E-state index contributed by atoms with van der Waals surface area (Å²) < 4.78 is 0.977. The van der Waals surface area contributed by atoms with Crippen LogP contribution < -0.4 is 11.0 Å². The van der Waals surface area contributed by atoms with E-state index in [2.05, 4.69) is 10.3 Å². The first-order chi connectivity index (χ1) is 9.61. The third kappa shape index (κ3) is 3.10. The molecule has 0 atom stereocenters. The molecule has 0 saturated heterocycles. The molecule has 0 aliphatic heterocycles. The minimum atomic E-state index is -0.604. The Labute approximate surface area is 115 Å². The summed E-state index contributed by atoms with van der Waals surface area (Å²) in [5, 5.41) is 12.0. The molecule has 1 heterocycles. The van der Waals surface area contributed by atoms with Gasteiger partial charge < -0.3 is 10.4 Å². The van der Waals surface area contributed by atoms with E-state index in [1.807, 2.05) is 30.3 Å². The number of aliphatic hydroxyl groups is 1. The van der Waals surface area contributed by atoms with E-state index in [9.17, 15) is 9.59 Å². The Morgan fingerprint density at radius 3 is 2.65 bits per heavy atom. The van der Waals surface area contributed by atoms with E-state index in [1.54, 1.807) is 0 Å². The van der Waals surface area contributed by atoms with E-state index in [-0.39, 0.29) is 17.2 Å². The quantitative estimate of drug-likeness (QED) is 0.794. The van der Waals surface area contributed by atoms with Crippen molar-refractivity contribution in [3.05, 3.63) is 58.1 Å². The Balaban J connectivity index is 2.29. The molecule has 0 bridgehead atoms. The van der Waals surface area contributed by atoms with Crippen molar-refractivity contribution in [1.82, 2.24) is 9.55 Å². The van der Waals surface area contributed by atoms with Crippen molar-refractivity contribution in [2.75, 3.05) is 5.32 Å². The smallest absolute Gasteiger partial charge is 0.351 e. The highest BCUT2D eigenvalue weighted by Gasteiger charge is 2.12. The number of aliphatic hydroxyl groups excluding tert-OH is 1. The molecule has 6 heteroatoms. The fourth-order valence-corrected chi connectivity index (χ4v) is 1.77. The first kappa shape index (κ1) is 14.0. The molecule has 1 aromatic carbocycles. The maximum Gasteiger partial charge on any atom is 0.351 e. The minimum Gasteiger partial charge on any atom is -0.376 e. The number of nitrogens with zero attached hydrogens (tertiary/aromatic N) is 2. The van der Waals surface area contributed by atoms with Gasteiger partial charge in [-0.2, -0.15) is 4.98 Å². The topological polar surface area (TPSA) is 84.2 Å². The number of benzene rings is 1. The van der Waals surface area contributed by atoms with E-state index in [4.69, 9.17) is 5.11 Å². The molecule has 1 aromatic heterocycles. The van der Waals surface area contributed by atoms with Gasteiger partial charge in [-0.25, -0.2) is 4.79 Å². The Morgan fingerprint density at radius 2 is 2.05 bits per heavy atom. The molecule has 20 heavy (non-hydrogen) atoms. The fourth-order valence-electron chi connectivity index (χ4n) is 1.77. The van der Waals surface area contributed by atoms with Crippen LogP contribution in [0.2, 0.25) is 0 Å². The van der Waals surface area contributed by atoms with Crippen molar-refractivity contribution in [1.29, 1.82) is 0 Å². The molecule has 2 N–H and O–H groups in total. The van der Waals surface area contributed by atoms with E-state index in [0.717, 1.165) is 10.1 Å². The highest BCUT2D eigenvalue weighted by Crippen LogP contribution is 2.12. The SMILES string of the molecule is CC(=O)c1cn(CO)c(=O)nc1NCc1ccccc1. The number of rotatable bonds is 5. The second-order valence-electron chi connectivity index (χ2n) is 4.29. The predicted molar refractivity (Wildman–Crippen MR) is 74.5 cm³/mol. The lowest BCUT2D eigenvalue weighted by atomic mass is 10.2.